The standard InChI is InChI=1S/C8H12F2N4O/c1-2-3-6-12-7(14-13-6)8(15)11-4-5(9)10/h5H,2-4H2,1H3,(H,11,15)(H,12,13,14). The van der Waals surface area contributed by atoms with Gasteiger partial charge in [0, 0.05) is 6.42 Å². The molecule has 0 aliphatic heterocycles. The maximum Gasteiger partial charge on any atom is 0.291 e. The van der Waals surface area contributed by atoms with Crippen molar-refractivity contribution in [2.75, 3.05) is 6.54 Å². The van der Waals surface area contributed by atoms with Crippen LogP contribution in [0.25, 0.3) is 0 Å². The Morgan fingerprint density at radius 3 is 2.93 bits per heavy atom. The Bertz CT molecular complexity index is 326. The highest BCUT2D eigenvalue weighted by atomic mass is 19.3. The molecular weight excluding hydrogens is 206 g/mol. The van der Waals surface area contributed by atoms with Crippen LogP contribution >= 0.6 is 0 Å². The number of aromatic nitrogens is 3. The number of hydrogen-bond acceptors (Lipinski definition) is 3. The average Bonchev–Trinajstić information content (AvgIpc) is 2.63. The molecule has 2 N–H and O–H groups in total. The molecule has 0 atom stereocenters. The van der Waals surface area contributed by atoms with Gasteiger partial charge in [0.2, 0.25) is 5.82 Å². The maximum absolute atomic E-state index is 11.8. The summed E-state index contributed by atoms with van der Waals surface area (Å²) in [6.07, 6.45) is -1.02. The van der Waals surface area contributed by atoms with E-state index in [9.17, 15) is 13.6 Å². The summed E-state index contributed by atoms with van der Waals surface area (Å²) in [6.45, 7) is 1.27. The van der Waals surface area contributed by atoms with E-state index < -0.39 is 18.9 Å². The number of halogens is 2. The van der Waals surface area contributed by atoms with Crippen LogP contribution in [0.5, 0.6) is 0 Å². The Morgan fingerprint density at radius 1 is 1.60 bits per heavy atom. The van der Waals surface area contributed by atoms with Crippen LogP contribution in [0, 0.1) is 0 Å². The number of aromatic amines is 1. The molecule has 0 aliphatic rings. The SMILES string of the molecule is CCCc1nc(C(=O)NCC(F)F)n[nH]1. The zero-order valence-corrected chi connectivity index (χ0v) is 8.26. The van der Waals surface area contributed by atoms with Crippen molar-refractivity contribution in [1.29, 1.82) is 0 Å². The Hall–Kier alpha value is -1.53. The third kappa shape index (κ3) is 3.61. The number of amides is 1. The third-order valence-corrected chi connectivity index (χ3v) is 1.64. The highest BCUT2D eigenvalue weighted by Gasteiger charge is 2.13. The first-order chi connectivity index (χ1) is 7.13. The van der Waals surface area contributed by atoms with Crippen molar-refractivity contribution in [3.05, 3.63) is 11.6 Å². The summed E-state index contributed by atoms with van der Waals surface area (Å²) < 4.78 is 23.5. The molecule has 0 fully saturated rings. The second kappa shape index (κ2) is 5.38. The van der Waals surface area contributed by atoms with Gasteiger partial charge in [-0.1, -0.05) is 6.92 Å². The number of hydrogen-bond donors (Lipinski definition) is 2. The molecular formula is C8H12F2N4O. The number of aryl methyl sites for hydroxylation is 1. The number of rotatable bonds is 5. The number of nitrogens with one attached hydrogen (secondary N) is 2. The van der Waals surface area contributed by atoms with E-state index >= 15 is 0 Å². The van der Waals surface area contributed by atoms with Crippen molar-refractivity contribution >= 4 is 5.91 Å². The molecule has 7 heteroatoms. The van der Waals surface area contributed by atoms with E-state index in [1.807, 2.05) is 12.2 Å². The zero-order valence-electron chi connectivity index (χ0n) is 8.26. The van der Waals surface area contributed by atoms with Crippen LogP contribution in [0.4, 0.5) is 8.78 Å². The predicted molar refractivity (Wildman–Crippen MR) is 48.7 cm³/mol. The first kappa shape index (κ1) is 11.5. The summed E-state index contributed by atoms with van der Waals surface area (Å²) in [4.78, 5) is 15.0. The molecule has 1 aromatic heterocycles. The van der Waals surface area contributed by atoms with Crippen LogP contribution in [0.1, 0.15) is 29.8 Å². The lowest BCUT2D eigenvalue weighted by Crippen LogP contribution is -2.29. The second-order valence-corrected chi connectivity index (χ2v) is 2.96. The molecule has 1 heterocycles. The molecule has 0 aliphatic carbocycles. The molecule has 1 aromatic rings. The van der Waals surface area contributed by atoms with Gasteiger partial charge < -0.3 is 5.32 Å². The van der Waals surface area contributed by atoms with Crippen LogP contribution in [0.2, 0.25) is 0 Å². The first-order valence-electron chi connectivity index (χ1n) is 4.61. The molecule has 1 amide bonds. The summed E-state index contributed by atoms with van der Waals surface area (Å²) in [5.74, 6) is -0.201. The van der Waals surface area contributed by atoms with E-state index in [1.54, 1.807) is 0 Å². The molecule has 0 saturated heterocycles. The van der Waals surface area contributed by atoms with Crippen molar-refractivity contribution in [2.24, 2.45) is 0 Å². The van der Waals surface area contributed by atoms with Gasteiger partial charge in [0.05, 0.1) is 6.54 Å². The minimum absolute atomic E-state index is 0.0981. The fourth-order valence-corrected chi connectivity index (χ4v) is 0.994. The number of carbonyl (C=O) groups excluding carboxylic acids is 1. The van der Waals surface area contributed by atoms with Gasteiger partial charge in [0.1, 0.15) is 5.82 Å². The van der Waals surface area contributed by atoms with Gasteiger partial charge in [0.25, 0.3) is 12.3 Å². The van der Waals surface area contributed by atoms with E-state index in [1.165, 1.54) is 0 Å². The van der Waals surface area contributed by atoms with Gasteiger partial charge >= 0.3 is 0 Å². The van der Waals surface area contributed by atoms with Gasteiger partial charge in [-0.25, -0.2) is 13.8 Å². The predicted octanol–water partition coefficient (Wildman–Crippen LogP) is 0.752. The summed E-state index contributed by atoms with van der Waals surface area (Å²) in [5, 5.41) is 8.21. The molecule has 0 bridgehead atoms. The van der Waals surface area contributed by atoms with Crippen LogP contribution in [-0.2, 0) is 6.42 Å². The number of nitrogens with zero attached hydrogens (tertiary/aromatic N) is 2. The summed E-state index contributed by atoms with van der Waals surface area (Å²) in [7, 11) is 0. The Kier molecular flexibility index (Phi) is 4.14. The lowest BCUT2D eigenvalue weighted by Gasteiger charge is -1.99. The van der Waals surface area contributed by atoms with Crippen molar-refractivity contribution in [3.8, 4) is 0 Å². The van der Waals surface area contributed by atoms with Crippen LogP contribution in [0.3, 0.4) is 0 Å². The quantitative estimate of drug-likeness (QED) is 0.766. The lowest BCUT2D eigenvalue weighted by atomic mass is 10.3. The molecule has 0 aromatic carbocycles. The van der Waals surface area contributed by atoms with Crippen LogP contribution < -0.4 is 5.32 Å². The van der Waals surface area contributed by atoms with Gasteiger partial charge in [-0.3, -0.25) is 9.89 Å². The molecule has 1 rings (SSSR count). The second-order valence-electron chi connectivity index (χ2n) is 2.96. The molecule has 0 unspecified atom stereocenters. The van der Waals surface area contributed by atoms with E-state index in [-0.39, 0.29) is 5.82 Å². The maximum atomic E-state index is 11.8. The van der Waals surface area contributed by atoms with E-state index in [4.69, 9.17) is 0 Å². The Labute approximate surface area is 85.3 Å². The molecule has 15 heavy (non-hydrogen) atoms. The fraction of sp³-hybridized carbons (Fsp3) is 0.625. The highest BCUT2D eigenvalue weighted by Crippen LogP contribution is 1.97. The number of alkyl halides is 2. The smallest absolute Gasteiger partial charge is 0.291 e. The van der Waals surface area contributed by atoms with Gasteiger partial charge in [-0.05, 0) is 6.42 Å². The Balaban J connectivity index is 2.50. The monoisotopic (exact) mass is 218 g/mol. The van der Waals surface area contributed by atoms with Gasteiger partial charge in [-0.15, -0.1) is 5.10 Å². The highest BCUT2D eigenvalue weighted by molar-refractivity contribution is 5.90. The zero-order chi connectivity index (χ0) is 11.3. The van der Waals surface area contributed by atoms with E-state index in [2.05, 4.69) is 15.2 Å². The first-order valence-corrected chi connectivity index (χ1v) is 4.61. The largest absolute Gasteiger partial charge is 0.344 e. The summed E-state index contributed by atoms with van der Waals surface area (Å²) in [6, 6.07) is 0. The van der Waals surface area contributed by atoms with Gasteiger partial charge in [-0.2, -0.15) is 0 Å². The third-order valence-electron chi connectivity index (χ3n) is 1.64. The van der Waals surface area contributed by atoms with E-state index in [0.717, 1.165) is 6.42 Å². The lowest BCUT2D eigenvalue weighted by molar-refractivity contribution is 0.0882. The number of H-pyrrole nitrogens is 1. The molecule has 0 saturated carbocycles. The topological polar surface area (TPSA) is 70.7 Å². The normalized spacial score (nSPS) is 10.7. The molecule has 84 valence electrons. The van der Waals surface area contributed by atoms with Crippen molar-refractivity contribution < 1.29 is 13.6 Å². The Morgan fingerprint density at radius 2 is 2.33 bits per heavy atom. The molecule has 5 nitrogen and oxygen atoms in total. The number of carbonyl (C=O) groups is 1. The van der Waals surface area contributed by atoms with Crippen molar-refractivity contribution in [3.63, 3.8) is 0 Å². The van der Waals surface area contributed by atoms with Crippen LogP contribution in [-0.4, -0.2) is 34.1 Å². The minimum atomic E-state index is -2.57. The van der Waals surface area contributed by atoms with Crippen molar-refractivity contribution in [1.82, 2.24) is 20.5 Å². The molecule has 0 radical (unpaired) electrons. The van der Waals surface area contributed by atoms with Crippen LogP contribution in [0.15, 0.2) is 0 Å². The fourth-order valence-electron chi connectivity index (χ4n) is 0.994. The minimum Gasteiger partial charge on any atom is -0.344 e. The average molecular weight is 218 g/mol. The molecule has 0 spiro atoms. The summed E-state index contributed by atoms with van der Waals surface area (Å²) in [5.41, 5.74) is 0. The van der Waals surface area contributed by atoms with Crippen molar-refractivity contribution in [2.45, 2.75) is 26.2 Å². The summed E-state index contributed by atoms with van der Waals surface area (Å²) >= 11 is 0. The van der Waals surface area contributed by atoms with Gasteiger partial charge in [0.15, 0.2) is 0 Å². The van der Waals surface area contributed by atoms with E-state index in [0.29, 0.717) is 12.2 Å².